The molecule has 1 rings (SSSR count). The van der Waals surface area contributed by atoms with Gasteiger partial charge in [-0.15, -0.1) is 0 Å². The largest absolute Gasteiger partial charge is 0.496 e. The fourth-order valence-electron chi connectivity index (χ4n) is 2.02. The summed E-state index contributed by atoms with van der Waals surface area (Å²) >= 11 is 0. The van der Waals surface area contributed by atoms with Gasteiger partial charge in [0.25, 0.3) is 0 Å². The van der Waals surface area contributed by atoms with Gasteiger partial charge in [0.2, 0.25) is 5.91 Å². The standard InChI is InChI=1S/C16H23NO6/c1-20-11-8-13(21-2)12(14(9-11)22-3)10-17-15(18)6-5-7-16(19)23-4/h8-9H,5-7,10H2,1-4H3,(H,17,18). The van der Waals surface area contributed by atoms with Crippen molar-refractivity contribution in [3.63, 3.8) is 0 Å². The summed E-state index contributed by atoms with van der Waals surface area (Å²) in [5, 5.41) is 2.79. The molecule has 0 saturated carbocycles. The van der Waals surface area contributed by atoms with E-state index in [4.69, 9.17) is 14.2 Å². The summed E-state index contributed by atoms with van der Waals surface area (Å²) in [6.45, 7) is 0.257. The average Bonchev–Trinajstić information content (AvgIpc) is 2.58. The maximum atomic E-state index is 11.8. The zero-order chi connectivity index (χ0) is 17.2. The van der Waals surface area contributed by atoms with E-state index in [9.17, 15) is 9.59 Å². The maximum absolute atomic E-state index is 11.8. The Kier molecular flexibility index (Phi) is 7.73. The zero-order valence-corrected chi connectivity index (χ0v) is 13.9. The van der Waals surface area contributed by atoms with Crippen LogP contribution in [0.3, 0.4) is 0 Å². The van der Waals surface area contributed by atoms with Crippen molar-refractivity contribution in [2.45, 2.75) is 25.8 Å². The van der Waals surface area contributed by atoms with E-state index in [1.54, 1.807) is 19.2 Å². The first-order chi connectivity index (χ1) is 11.0. The first-order valence-electron chi connectivity index (χ1n) is 7.18. The minimum Gasteiger partial charge on any atom is -0.496 e. The van der Waals surface area contributed by atoms with Crippen LogP contribution in [0.25, 0.3) is 0 Å². The highest BCUT2D eigenvalue weighted by atomic mass is 16.5. The lowest BCUT2D eigenvalue weighted by Gasteiger charge is -2.15. The van der Waals surface area contributed by atoms with Crippen LogP contribution in [0.5, 0.6) is 17.2 Å². The van der Waals surface area contributed by atoms with Crippen LogP contribution in [0.1, 0.15) is 24.8 Å². The van der Waals surface area contributed by atoms with E-state index in [-0.39, 0.29) is 31.3 Å². The molecule has 7 nitrogen and oxygen atoms in total. The van der Waals surface area contributed by atoms with Gasteiger partial charge in [0.1, 0.15) is 17.2 Å². The van der Waals surface area contributed by atoms with Crippen LogP contribution in [0.4, 0.5) is 0 Å². The van der Waals surface area contributed by atoms with Crippen molar-refractivity contribution >= 4 is 11.9 Å². The lowest BCUT2D eigenvalue weighted by Crippen LogP contribution is -2.23. The van der Waals surface area contributed by atoms with Crippen LogP contribution in [-0.2, 0) is 20.9 Å². The third kappa shape index (κ3) is 5.69. The molecule has 0 saturated heterocycles. The van der Waals surface area contributed by atoms with Crippen molar-refractivity contribution in [1.29, 1.82) is 0 Å². The Morgan fingerprint density at radius 2 is 1.57 bits per heavy atom. The fourth-order valence-corrected chi connectivity index (χ4v) is 2.02. The van der Waals surface area contributed by atoms with E-state index >= 15 is 0 Å². The second-order valence-corrected chi connectivity index (χ2v) is 4.72. The number of ether oxygens (including phenoxy) is 4. The van der Waals surface area contributed by atoms with Gasteiger partial charge in [-0.25, -0.2) is 0 Å². The predicted octanol–water partition coefficient (Wildman–Crippen LogP) is 1.67. The molecule has 0 unspecified atom stereocenters. The zero-order valence-electron chi connectivity index (χ0n) is 13.9. The normalized spacial score (nSPS) is 9.91. The summed E-state index contributed by atoms with van der Waals surface area (Å²) in [6, 6.07) is 3.45. The Bertz CT molecular complexity index is 518. The minimum absolute atomic E-state index is 0.158. The molecule has 7 heteroatoms. The molecule has 0 heterocycles. The molecule has 0 bridgehead atoms. The van der Waals surface area contributed by atoms with Gasteiger partial charge in [0.05, 0.1) is 40.5 Å². The topological polar surface area (TPSA) is 83.1 Å². The van der Waals surface area contributed by atoms with Gasteiger partial charge in [0.15, 0.2) is 0 Å². The van der Waals surface area contributed by atoms with Crippen LogP contribution in [0.15, 0.2) is 12.1 Å². The van der Waals surface area contributed by atoms with Gasteiger partial charge in [0, 0.05) is 25.0 Å². The molecule has 0 radical (unpaired) electrons. The van der Waals surface area contributed by atoms with E-state index in [0.29, 0.717) is 23.7 Å². The lowest BCUT2D eigenvalue weighted by atomic mass is 10.1. The van der Waals surface area contributed by atoms with Crippen molar-refractivity contribution < 1.29 is 28.5 Å². The Labute approximate surface area is 135 Å². The summed E-state index contributed by atoms with van der Waals surface area (Å²) in [7, 11) is 5.95. The van der Waals surface area contributed by atoms with Crippen LogP contribution in [-0.4, -0.2) is 40.3 Å². The monoisotopic (exact) mass is 325 g/mol. The highest BCUT2D eigenvalue weighted by Crippen LogP contribution is 2.33. The maximum Gasteiger partial charge on any atom is 0.305 e. The molecule has 0 aliphatic heterocycles. The van der Waals surface area contributed by atoms with Crippen LogP contribution in [0, 0.1) is 0 Å². The number of carbonyl (C=O) groups excluding carboxylic acids is 2. The van der Waals surface area contributed by atoms with Crippen molar-refractivity contribution in [3.8, 4) is 17.2 Å². The van der Waals surface area contributed by atoms with E-state index in [1.807, 2.05) is 0 Å². The minimum atomic E-state index is -0.323. The molecule has 0 spiro atoms. The molecule has 1 N–H and O–H groups in total. The average molecular weight is 325 g/mol. The number of nitrogens with one attached hydrogen (secondary N) is 1. The Hall–Kier alpha value is -2.44. The van der Waals surface area contributed by atoms with Crippen LogP contribution >= 0.6 is 0 Å². The molecule has 23 heavy (non-hydrogen) atoms. The van der Waals surface area contributed by atoms with Crippen molar-refractivity contribution in [1.82, 2.24) is 5.32 Å². The van der Waals surface area contributed by atoms with E-state index in [1.165, 1.54) is 21.3 Å². The number of esters is 1. The Morgan fingerprint density at radius 3 is 2.04 bits per heavy atom. The highest BCUT2D eigenvalue weighted by molar-refractivity contribution is 5.77. The number of methoxy groups -OCH3 is 4. The smallest absolute Gasteiger partial charge is 0.305 e. The number of benzene rings is 1. The third-order valence-electron chi connectivity index (χ3n) is 3.29. The van der Waals surface area contributed by atoms with Crippen LogP contribution < -0.4 is 19.5 Å². The van der Waals surface area contributed by atoms with E-state index < -0.39 is 0 Å². The molecule has 0 aliphatic carbocycles. The molecule has 1 aromatic carbocycles. The number of rotatable bonds is 9. The highest BCUT2D eigenvalue weighted by Gasteiger charge is 2.14. The van der Waals surface area contributed by atoms with Gasteiger partial charge >= 0.3 is 5.97 Å². The predicted molar refractivity (Wildman–Crippen MR) is 83.8 cm³/mol. The molecule has 1 amide bonds. The lowest BCUT2D eigenvalue weighted by molar-refractivity contribution is -0.140. The number of hydrogen-bond acceptors (Lipinski definition) is 6. The number of hydrogen-bond donors (Lipinski definition) is 1. The Balaban J connectivity index is 2.66. The van der Waals surface area contributed by atoms with E-state index in [0.717, 1.165) is 5.56 Å². The van der Waals surface area contributed by atoms with Crippen LogP contribution in [0.2, 0.25) is 0 Å². The Morgan fingerprint density at radius 1 is 0.957 bits per heavy atom. The molecule has 0 fully saturated rings. The van der Waals surface area contributed by atoms with Gasteiger partial charge in [-0.05, 0) is 6.42 Å². The van der Waals surface area contributed by atoms with Gasteiger partial charge < -0.3 is 24.3 Å². The summed E-state index contributed by atoms with van der Waals surface area (Å²) in [5.74, 6) is 1.25. The van der Waals surface area contributed by atoms with Gasteiger partial charge in [-0.2, -0.15) is 0 Å². The molecular formula is C16H23NO6. The van der Waals surface area contributed by atoms with Crippen molar-refractivity contribution in [2.24, 2.45) is 0 Å². The molecule has 0 aromatic heterocycles. The first-order valence-corrected chi connectivity index (χ1v) is 7.18. The summed E-state index contributed by atoms with van der Waals surface area (Å²) in [4.78, 5) is 22.8. The summed E-state index contributed by atoms with van der Waals surface area (Å²) < 4.78 is 20.3. The van der Waals surface area contributed by atoms with E-state index in [2.05, 4.69) is 10.1 Å². The second kappa shape index (κ2) is 9.55. The number of amides is 1. The number of carbonyl (C=O) groups is 2. The fraction of sp³-hybridized carbons (Fsp3) is 0.500. The summed E-state index contributed by atoms with van der Waals surface area (Å²) in [5.41, 5.74) is 0.720. The van der Waals surface area contributed by atoms with Gasteiger partial charge in [-0.1, -0.05) is 0 Å². The second-order valence-electron chi connectivity index (χ2n) is 4.72. The first kappa shape index (κ1) is 18.6. The third-order valence-corrected chi connectivity index (χ3v) is 3.29. The van der Waals surface area contributed by atoms with Gasteiger partial charge in [-0.3, -0.25) is 9.59 Å². The summed E-state index contributed by atoms with van der Waals surface area (Å²) in [6.07, 6.45) is 0.907. The van der Waals surface area contributed by atoms with Crippen molar-refractivity contribution in [2.75, 3.05) is 28.4 Å². The van der Waals surface area contributed by atoms with Crippen molar-refractivity contribution in [3.05, 3.63) is 17.7 Å². The molecule has 1 aromatic rings. The molecule has 0 aliphatic rings. The molecular weight excluding hydrogens is 302 g/mol. The molecule has 0 atom stereocenters. The molecule has 128 valence electrons. The SMILES string of the molecule is COC(=O)CCCC(=O)NCc1c(OC)cc(OC)cc1OC. The quantitative estimate of drug-likeness (QED) is 0.696.